The molecule has 2 aromatic rings. The van der Waals surface area contributed by atoms with Gasteiger partial charge in [0, 0.05) is 4.47 Å². The number of hydrogen-bond acceptors (Lipinski definition) is 2. The van der Waals surface area contributed by atoms with Gasteiger partial charge in [-0.15, -0.1) is 0 Å². The van der Waals surface area contributed by atoms with Crippen LogP contribution in [0.3, 0.4) is 0 Å². The molecule has 0 saturated carbocycles. The van der Waals surface area contributed by atoms with E-state index in [1.165, 1.54) is 18.3 Å². The van der Waals surface area contributed by atoms with Crippen molar-refractivity contribution in [3.05, 3.63) is 57.0 Å². The van der Waals surface area contributed by atoms with E-state index in [-0.39, 0.29) is 5.56 Å². The van der Waals surface area contributed by atoms with E-state index in [1.807, 2.05) is 0 Å². The van der Waals surface area contributed by atoms with Crippen molar-refractivity contribution >= 4 is 39.1 Å². The van der Waals surface area contributed by atoms with Gasteiger partial charge in [-0.25, -0.2) is 9.37 Å². The van der Waals surface area contributed by atoms with Gasteiger partial charge in [0.1, 0.15) is 11.0 Å². The Bertz CT molecular complexity index is 628. The molecule has 1 heterocycles. The van der Waals surface area contributed by atoms with Crippen molar-refractivity contribution in [1.29, 1.82) is 0 Å². The summed E-state index contributed by atoms with van der Waals surface area (Å²) in [7, 11) is 0. The quantitative estimate of drug-likeness (QED) is 0.831. The molecule has 0 atom stereocenters. The maximum absolute atomic E-state index is 13.6. The first-order chi connectivity index (χ1) is 8.99. The summed E-state index contributed by atoms with van der Waals surface area (Å²) in [6.07, 6.45) is 1.42. The van der Waals surface area contributed by atoms with Crippen LogP contribution in [0.4, 0.5) is 10.1 Å². The van der Waals surface area contributed by atoms with Crippen LogP contribution < -0.4 is 5.32 Å². The van der Waals surface area contributed by atoms with Crippen molar-refractivity contribution in [2.24, 2.45) is 0 Å². The van der Waals surface area contributed by atoms with Crippen LogP contribution in [0.1, 0.15) is 15.9 Å². The monoisotopic (exact) mass is 342 g/mol. The second kappa shape index (κ2) is 5.67. The minimum atomic E-state index is -0.592. The van der Waals surface area contributed by atoms with Gasteiger partial charge in [-0.2, -0.15) is 0 Å². The zero-order chi connectivity index (χ0) is 14.0. The van der Waals surface area contributed by atoms with Crippen LogP contribution in [0.25, 0.3) is 0 Å². The predicted molar refractivity (Wildman–Crippen MR) is 76.0 cm³/mol. The molecule has 0 aliphatic heterocycles. The molecule has 6 heteroatoms. The number of hydrogen-bond donors (Lipinski definition) is 1. The maximum Gasteiger partial charge on any atom is 0.259 e. The summed E-state index contributed by atoms with van der Waals surface area (Å²) in [5.74, 6) is -1.14. The number of benzene rings is 1. The summed E-state index contributed by atoms with van der Waals surface area (Å²) >= 11 is 8.94. The van der Waals surface area contributed by atoms with Gasteiger partial charge in [0.25, 0.3) is 5.91 Å². The lowest BCUT2D eigenvalue weighted by Gasteiger charge is -2.08. The number of carbonyl (C=O) groups is 1. The summed E-state index contributed by atoms with van der Waals surface area (Å²) in [4.78, 5) is 15.9. The summed E-state index contributed by atoms with van der Waals surface area (Å²) < 4.78 is 14.0. The van der Waals surface area contributed by atoms with Gasteiger partial charge in [-0.3, -0.25) is 4.79 Å². The molecule has 0 unspecified atom stereocenters. The third-order valence-electron chi connectivity index (χ3n) is 2.46. The van der Waals surface area contributed by atoms with E-state index >= 15 is 0 Å². The van der Waals surface area contributed by atoms with Gasteiger partial charge in [-0.05, 0) is 46.6 Å². The van der Waals surface area contributed by atoms with E-state index in [4.69, 9.17) is 11.6 Å². The summed E-state index contributed by atoms with van der Waals surface area (Å²) in [6.45, 7) is 1.77. The van der Waals surface area contributed by atoms with E-state index in [1.54, 1.807) is 19.1 Å². The lowest BCUT2D eigenvalue weighted by atomic mass is 10.2. The molecule has 1 aromatic carbocycles. The van der Waals surface area contributed by atoms with Crippen LogP contribution in [-0.2, 0) is 0 Å². The van der Waals surface area contributed by atoms with Crippen molar-refractivity contribution in [3.63, 3.8) is 0 Å². The molecule has 98 valence electrons. The lowest BCUT2D eigenvalue weighted by Crippen LogP contribution is -2.14. The Hall–Kier alpha value is -1.46. The number of pyridine rings is 1. The van der Waals surface area contributed by atoms with Crippen LogP contribution >= 0.6 is 27.5 Å². The van der Waals surface area contributed by atoms with Crippen molar-refractivity contribution in [1.82, 2.24) is 4.98 Å². The third-order valence-corrected chi connectivity index (χ3v) is 3.52. The maximum atomic E-state index is 13.6. The highest BCUT2D eigenvalue weighted by atomic mass is 79.9. The molecule has 19 heavy (non-hydrogen) atoms. The first-order valence-corrected chi connectivity index (χ1v) is 6.53. The van der Waals surface area contributed by atoms with E-state index in [0.29, 0.717) is 15.3 Å². The first kappa shape index (κ1) is 14.0. The largest absolute Gasteiger partial charge is 0.320 e. The molecule has 0 aliphatic rings. The van der Waals surface area contributed by atoms with Gasteiger partial charge >= 0.3 is 0 Å². The van der Waals surface area contributed by atoms with Crippen molar-refractivity contribution in [2.45, 2.75) is 6.92 Å². The fourth-order valence-corrected chi connectivity index (χ4v) is 2.16. The average molecular weight is 344 g/mol. The van der Waals surface area contributed by atoms with E-state index in [9.17, 15) is 9.18 Å². The lowest BCUT2D eigenvalue weighted by molar-refractivity contribution is 0.102. The average Bonchev–Trinajstić information content (AvgIpc) is 2.33. The van der Waals surface area contributed by atoms with Crippen LogP contribution in [-0.4, -0.2) is 10.9 Å². The Morgan fingerprint density at radius 1 is 1.47 bits per heavy atom. The first-order valence-electron chi connectivity index (χ1n) is 5.36. The number of aromatic nitrogens is 1. The number of nitrogens with one attached hydrogen (secondary N) is 1. The SMILES string of the molecule is Cc1cc(NC(=O)c2c(F)cccc2Br)cnc1Cl. The van der Waals surface area contributed by atoms with Gasteiger partial charge < -0.3 is 5.32 Å². The van der Waals surface area contributed by atoms with Crippen molar-refractivity contribution in [2.75, 3.05) is 5.32 Å². The van der Waals surface area contributed by atoms with Crippen LogP contribution in [0.5, 0.6) is 0 Å². The highest BCUT2D eigenvalue weighted by Crippen LogP contribution is 2.22. The molecule has 1 N–H and O–H groups in total. The molecule has 0 saturated heterocycles. The number of aryl methyl sites for hydroxylation is 1. The molecule has 0 fully saturated rings. The van der Waals surface area contributed by atoms with Crippen molar-refractivity contribution in [3.8, 4) is 0 Å². The molecule has 3 nitrogen and oxygen atoms in total. The standard InChI is InChI=1S/C13H9BrClFN2O/c1-7-5-8(6-17-12(7)15)18-13(19)11-9(14)3-2-4-10(11)16/h2-6H,1H3,(H,18,19). The van der Waals surface area contributed by atoms with Crippen molar-refractivity contribution < 1.29 is 9.18 Å². The Labute approximate surface area is 122 Å². The molecule has 0 aliphatic carbocycles. The highest BCUT2D eigenvalue weighted by Gasteiger charge is 2.15. The minimum Gasteiger partial charge on any atom is -0.320 e. The summed E-state index contributed by atoms with van der Waals surface area (Å²) in [5, 5.41) is 2.94. The molecule has 0 radical (unpaired) electrons. The van der Waals surface area contributed by atoms with Crippen LogP contribution in [0.2, 0.25) is 5.15 Å². The fourth-order valence-electron chi connectivity index (χ4n) is 1.53. The number of halogens is 3. The molecule has 0 bridgehead atoms. The molecule has 2 rings (SSSR count). The Balaban J connectivity index is 2.28. The predicted octanol–water partition coefficient (Wildman–Crippen LogP) is 4.20. The molecular formula is C13H9BrClFN2O. The Morgan fingerprint density at radius 2 is 2.21 bits per heavy atom. The van der Waals surface area contributed by atoms with Gasteiger partial charge in [0.05, 0.1) is 17.4 Å². The van der Waals surface area contributed by atoms with E-state index in [2.05, 4.69) is 26.2 Å². The van der Waals surface area contributed by atoms with Crippen LogP contribution in [0.15, 0.2) is 34.9 Å². The smallest absolute Gasteiger partial charge is 0.259 e. The van der Waals surface area contributed by atoms with Gasteiger partial charge in [0.15, 0.2) is 0 Å². The molecular weight excluding hydrogens is 335 g/mol. The number of carbonyl (C=O) groups excluding carboxylic acids is 1. The second-order valence-corrected chi connectivity index (χ2v) is 5.09. The summed E-state index contributed by atoms with van der Waals surface area (Å²) in [6, 6.07) is 6.01. The fraction of sp³-hybridized carbons (Fsp3) is 0.0769. The Kier molecular flexibility index (Phi) is 4.17. The normalized spacial score (nSPS) is 10.3. The number of anilines is 1. The zero-order valence-corrected chi connectivity index (χ0v) is 12.2. The minimum absolute atomic E-state index is 0.0462. The highest BCUT2D eigenvalue weighted by molar-refractivity contribution is 9.10. The second-order valence-electron chi connectivity index (χ2n) is 3.88. The molecule has 1 amide bonds. The topological polar surface area (TPSA) is 42.0 Å². The zero-order valence-electron chi connectivity index (χ0n) is 9.88. The van der Waals surface area contributed by atoms with Crippen LogP contribution in [0, 0.1) is 12.7 Å². The van der Waals surface area contributed by atoms with E-state index < -0.39 is 11.7 Å². The molecule has 0 spiro atoms. The third kappa shape index (κ3) is 3.11. The summed E-state index contributed by atoms with van der Waals surface area (Å²) in [5.41, 5.74) is 1.14. The number of nitrogens with zero attached hydrogens (tertiary/aromatic N) is 1. The Morgan fingerprint density at radius 3 is 2.84 bits per heavy atom. The van der Waals surface area contributed by atoms with E-state index in [0.717, 1.165) is 5.56 Å². The molecule has 1 aromatic heterocycles. The van der Waals surface area contributed by atoms with Gasteiger partial charge in [-0.1, -0.05) is 17.7 Å². The number of rotatable bonds is 2. The number of amides is 1. The van der Waals surface area contributed by atoms with Gasteiger partial charge in [0.2, 0.25) is 0 Å².